The van der Waals surface area contributed by atoms with Gasteiger partial charge in [-0.3, -0.25) is 9.78 Å². The van der Waals surface area contributed by atoms with Gasteiger partial charge in [-0.1, -0.05) is 70.4 Å². The molecule has 2 heterocycles. The van der Waals surface area contributed by atoms with E-state index < -0.39 is 0 Å². The van der Waals surface area contributed by atoms with Gasteiger partial charge in [-0.2, -0.15) is 0 Å². The SMILES string of the molecule is CCC(C)(C)C(=O)OCCCCCCCCCCCCOc1ccc(-c2cc3ccncc3oc2=O)cc1. The Morgan fingerprint density at radius 2 is 1.47 bits per heavy atom. The Bertz CT molecular complexity index is 1180. The highest BCUT2D eigenvalue weighted by Gasteiger charge is 2.26. The summed E-state index contributed by atoms with van der Waals surface area (Å²) in [5.74, 6) is 0.737. The van der Waals surface area contributed by atoms with Crippen molar-refractivity contribution in [1.29, 1.82) is 0 Å². The van der Waals surface area contributed by atoms with Crippen molar-refractivity contribution >= 4 is 16.9 Å². The molecule has 0 aliphatic carbocycles. The predicted molar refractivity (Wildman–Crippen MR) is 152 cm³/mol. The minimum absolute atomic E-state index is 0.0749. The van der Waals surface area contributed by atoms with Crippen LogP contribution in [-0.4, -0.2) is 24.2 Å². The molecule has 0 bridgehead atoms. The maximum absolute atomic E-state index is 12.3. The highest BCUT2D eigenvalue weighted by Crippen LogP contribution is 2.24. The number of nitrogens with zero attached hydrogens (tertiary/aromatic N) is 1. The standard InChI is InChI=1S/C32H43NO5/c1-4-32(2,3)31(35)37-22-14-12-10-8-6-5-7-9-11-13-21-36-27-17-15-25(16-18-27)28-23-26-19-20-33-24-29(26)38-30(28)34/h15-20,23-24H,4-14,21-22H2,1-3H3. The van der Waals surface area contributed by atoms with Crippen LogP contribution in [0.1, 0.15) is 91.4 Å². The van der Waals surface area contributed by atoms with E-state index in [1.165, 1.54) is 44.9 Å². The third kappa shape index (κ3) is 9.30. The third-order valence-corrected chi connectivity index (χ3v) is 7.18. The summed E-state index contributed by atoms with van der Waals surface area (Å²) in [4.78, 5) is 28.3. The second-order valence-electron chi connectivity index (χ2n) is 10.6. The second-order valence-corrected chi connectivity index (χ2v) is 10.6. The van der Waals surface area contributed by atoms with Crippen molar-refractivity contribution in [2.75, 3.05) is 13.2 Å². The van der Waals surface area contributed by atoms with Crippen LogP contribution < -0.4 is 10.4 Å². The van der Waals surface area contributed by atoms with E-state index in [9.17, 15) is 9.59 Å². The molecule has 2 aromatic heterocycles. The number of aromatic nitrogens is 1. The first-order valence-corrected chi connectivity index (χ1v) is 14.2. The minimum Gasteiger partial charge on any atom is -0.494 e. The molecule has 206 valence electrons. The van der Waals surface area contributed by atoms with E-state index >= 15 is 0 Å². The van der Waals surface area contributed by atoms with Gasteiger partial charge in [-0.05, 0) is 62.9 Å². The Labute approximate surface area is 226 Å². The number of fused-ring (bicyclic) bond motifs is 1. The van der Waals surface area contributed by atoms with Crippen LogP contribution in [-0.2, 0) is 9.53 Å². The van der Waals surface area contributed by atoms with Crippen LogP contribution in [0, 0.1) is 5.41 Å². The molecule has 0 radical (unpaired) electrons. The molecule has 0 aliphatic rings. The first-order chi connectivity index (χ1) is 18.4. The number of ether oxygens (including phenoxy) is 2. The van der Waals surface area contributed by atoms with Gasteiger partial charge in [0.15, 0.2) is 5.58 Å². The average Bonchev–Trinajstić information content (AvgIpc) is 2.93. The fourth-order valence-electron chi connectivity index (χ4n) is 4.21. The molecule has 0 amide bonds. The number of carbonyl (C=O) groups is 1. The van der Waals surface area contributed by atoms with Gasteiger partial charge in [0.25, 0.3) is 0 Å². The summed E-state index contributed by atoms with van der Waals surface area (Å²) in [6.45, 7) is 7.15. The Hall–Kier alpha value is -3.15. The Morgan fingerprint density at radius 3 is 2.11 bits per heavy atom. The summed E-state index contributed by atoms with van der Waals surface area (Å²) in [5, 5.41) is 0.848. The van der Waals surface area contributed by atoms with Crippen molar-refractivity contribution in [3.63, 3.8) is 0 Å². The normalized spacial score (nSPS) is 11.6. The highest BCUT2D eigenvalue weighted by molar-refractivity contribution is 5.80. The molecule has 0 spiro atoms. The van der Waals surface area contributed by atoms with Gasteiger partial charge in [-0.25, -0.2) is 4.79 Å². The van der Waals surface area contributed by atoms with Crippen LogP contribution in [0.15, 0.2) is 58.0 Å². The lowest BCUT2D eigenvalue weighted by Crippen LogP contribution is -2.26. The van der Waals surface area contributed by atoms with Crippen LogP contribution in [0.3, 0.4) is 0 Å². The number of carbonyl (C=O) groups excluding carboxylic acids is 1. The first-order valence-electron chi connectivity index (χ1n) is 14.2. The Balaban J connectivity index is 1.20. The fraction of sp³-hybridized carbons (Fsp3) is 0.531. The van der Waals surface area contributed by atoms with E-state index in [-0.39, 0.29) is 17.0 Å². The summed E-state index contributed by atoms with van der Waals surface area (Å²) in [7, 11) is 0. The van der Waals surface area contributed by atoms with Crippen LogP contribution >= 0.6 is 0 Å². The zero-order chi connectivity index (χ0) is 27.2. The summed E-state index contributed by atoms with van der Waals surface area (Å²) >= 11 is 0. The molecule has 0 N–H and O–H groups in total. The second kappa shape index (κ2) is 15.3. The molecule has 3 rings (SSSR count). The lowest BCUT2D eigenvalue weighted by atomic mass is 9.91. The van der Waals surface area contributed by atoms with Crippen LogP contribution in [0.25, 0.3) is 22.1 Å². The van der Waals surface area contributed by atoms with Gasteiger partial charge in [0.2, 0.25) is 0 Å². The Morgan fingerprint density at radius 1 is 0.868 bits per heavy atom. The molecule has 0 saturated heterocycles. The quantitative estimate of drug-likeness (QED) is 0.132. The topological polar surface area (TPSA) is 78.6 Å². The maximum atomic E-state index is 12.3. The number of hydrogen-bond acceptors (Lipinski definition) is 6. The van der Waals surface area contributed by atoms with Gasteiger partial charge in [0.05, 0.1) is 30.4 Å². The molecular formula is C32H43NO5. The lowest BCUT2D eigenvalue weighted by molar-refractivity contribution is -0.154. The smallest absolute Gasteiger partial charge is 0.344 e. The lowest BCUT2D eigenvalue weighted by Gasteiger charge is -2.20. The van der Waals surface area contributed by atoms with Crippen molar-refractivity contribution < 1.29 is 18.7 Å². The molecule has 0 saturated carbocycles. The van der Waals surface area contributed by atoms with Gasteiger partial charge < -0.3 is 13.9 Å². The van der Waals surface area contributed by atoms with Crippen molar-refractivity contribution in [2.24, 2.45) is 5.41 Å². The number of benzene rings is 1. The molecular weight excluding hydrogens is 478 g/mol. The first kappa shape index (κ1) is 29.4. The molecule has 3 aromatic rings. The van der Waals surface area contributed by atoms with Crippen molar-refractivity contribution in [3.05, 3.63) is 59.2 Å². The summed E-state index contributed by atoms with van der Waals surface area (Å²) in [6.07, 6.45) is 15.9. The molecule has 0 aliphatic heterocycles. The molecule has 38 heavy (non-hydrogen) atoms. The van der Waals surface area contributed by atoms with E-state index in [4.69, 9.17) is 13.9 Å². The van der Waals surface area contributed by atoms with Crippen molar-refractivity contribution in [1.82, 2.24) is 4.98 Å². The monoisotopic (exact) mass is 521 g/mol. The van der Waals surface area contributed by atoms with Crippen LogP contribution in [0.5, 0.6) is 5.75 Å². The van der Waals surface area contributed by atoms with Gasteiger partial charge in [0.1, 0.15) is 5.75 Å². The molecule has 0 unspecified atom stereocenters. The van der Waals surface area contributed by atoms with E-state index in [0.29, 0.717) is 24.4 Å². The number of esters is 1. The number of unbranched alkanes of at least 4 members (excludes halogenated alkanes) is 9. The van der Waals surface area contributed by atoms with Crippen molar-refractivity contribution in [2.45, 2.75) is 91.4 Å². The third-order valence-electron chi connectivity index (χ3n) is 7.18. The van der Waals surface area contributed by atoms with Gasteiger partial charge in [0, 0.05) is 11.6 Å². The van der Waals surface area contributed by atoms with E-state index in [0.717, 1.165) is 42.4 Å². The Kier molecular flexibility index (Phi) is 11.8. The molecule has 0 atom stereocenters. The highest BCUT2D eigenvalue weighted by atomic mass is 16.5. The number of hydrogen-bond donors (Lipinski definition) is 0. The summed E-state index contributed by atoms with van der Waals surface area (Å²) < 4.78 is 16.7. The van der Waals surface area contributed by atoms with Crippen LogP contribution in [0.2, 0.25) is 0 Å². The van der Waals surface area contributed by atoms with Gasteiger partial charge in [-0.15, -0.1) is 0 Å². The van der Waals surface area contributed by atoms with E-state index in [1.54, 1.807) is 12.4 Å². The fourth-order valence-corrected chi connectivity index (χ4v) is 4.21. The summed E-state index contributed by atoms with van der Waals surface area (Å²) in [5.41, 5.74) is 1.10. The molecule has 0 fully saturated rings. The predicted octanol–water partition coefficient (Wildman–Crippen LogP) is 8.11. The van der Waals surface area contributed by atoms with Gasteiger partial charge >= 0.3 is 11.6 Å². The molecule has 1 aromatic carbocycles. The minimum atomic E-state index is -0.367. The number of rotatable bonds is 17. The molecule has 6 nitrogen and oxygen atoms in total. The molecule has 6 heteroatoms. The zero-order valence-electron chi connectivity index (χ0n) is 23.3. The average molecular weight is 522 g/mol. The van der Waals surface area contributed by atoms with Crippen molar-refractivity contribution in [3.8, 4) is 16.9 Å². The largest absolute Gasteiger partial charge is 0.494 e. The number of pyridine rings is 1. The zero-order valence-corrected chi connectivity index (χ0v) is 23.3. The summed E-state index contributed by atoms with van der Waals surface area (Å²) in [6, 6.07) is 11.3. The van der Waals surface area contributed by atoms with Crippen LogP contribution in [0.4, 0.5) is 0 Å². The maximum Gasteiger partial charge on any atom is 0.344 e. The van der Waals surface area contributed by atoms with E-state index in [2.05, 4.69) is 4.98 Å². The van der Waals surface area contributed by atoms with E-state index in [1.807, 2.05) is 57.2 Å².